The average Bonchev–Trinajstić information content (AvgIpc) is 2.97. The van der Waals surface area contributed by atoms with E-state index in [2.05, 4.69) is 5.32 Å². The molecule has 1 aromatic heterocycles. The second-order valence-corrected chi connectivity index (χ2v) is 8.48. The van der Waals surface area contributed by atoms with E-state index >= 15 is 0 Å². The number of anilines is 1. The number of halogens is 1. The predicted molar refractivity (Wildman–Crippen MR) is 95.5 cm³/mol. The van der Waals surface area contributed by atoms with E-state index in [4.69, 9.17) is 11.6 Å². The third-order valence-corrected chi connectivity index (χ3v) is 6.63. The lowest BCUT2D eigenvalue weighted by Gasteiger charge is -2.19. The molecule has 0 aliphatic rings. The second kappa shape index (κ2) is 7.52. The van der Waals surface area contributed by atoms with Crippen LogP contribution in [-0.2, 0) is 10.0 Å². The molecule has 1 amide bonds. The highest BCUT2D eigenvalue weighted by molar-refractivity contribution is 7.89. The zero-order valence-electron chi connectivity index (χ0n) is 13.1. The minimum absolute atomic E-state index is 0.00325. The number of phenolic OH excluding ortho intramolecular Hbond substituents is 1. The van der Waals surface area contributed by atoms with Gasteiger partial charge in [0, 0.05) is 13.1 Å². The number of aromatic hydroxyl groups is 1. The molecule has 0 unspecified atom stereocenters. The molecule has 0 aliphatic carbocycles. The quantitative estimate of drug-likeness (QED) is 0.742. The Bertz CT molecular complexity index is 845. The van der Waals surface area contributed by atoms with Crippen LogP contribution in [0.2, 0.25) is 4.34 Å². The molecule has 0 saturated heterocycles. The van der Waals surface area contributed by atoms with Crippen LogP contribution in [0.5, 0.6) is 5.75 Å². The molecule has 0 atom stereocenters. The van der Waals surface area contributed by atoms with Crippen molar-refractivity contribution in [2.24, 2.45) is 0 Å². The molecule has 0 fully saturated rings. The molecule has 2 rings (SSSR count). The number of hydrogen-bond donors (Lipinski definition) is 2. The Morgan fingerprint density at radius 3 is 2.46 bits per heavy atom. The van der Waals surface area contributed by atoms with Gasteiger partial charge in [0.25, 0.3) is 5.91 Å². The summed E-state index contributed by atoms with van der Waals surface area (Å²) >= 11 is 6.88. The first kappa shape index (κ1) is 18.7. The molecule has 0 aliphatic heterocycles. The maximum atomic E-state index is 12.5. The molecular formula is C15H17ClN2O4S2. The van der Waals surface area contributed by atoms with Gasteiger partial charge in [-0.2, -0.15) is 4.31 Å². The van der Waals surface area contributed by atoms with E-state index in [1.807, 2.05) is 0 Å². The van der Waals surface area contributed by atoms with E-state index in [1.165, 1.54) is 22.5 Å². The first-order chi connectivity index (χ1) is 11.3. The fraction of sp³-hybridized carbons (Fsp3) is 0.267. The number of amides is 1. The van der Waals surface area contributed by atoms with Gasteiger partial charge in [0.05, 0.1) is 19.8 Å². The van der Waals surface area contributed by atoms with Crippen molar-refractivity contribution in [2.45, 2.75) is 18.7 Å². The summed E-state index contributed by atoms with van der Waals surface area (Å²) in [6.07, 6.45) is 0. The maximum absolute atomic E-state index is 12.5. The van der Waals surface area contributed by atoms with Crippen molar-refractivity contribution in [1.29, 1.82) is 0 Å². The van der Waals surface area contributed by atoms with E-state index in [-0.39, 0.29) is 16.3 Å². The molecule has 130 valence electrons. The molecule has 9 heteroatoms. The Labute approximate surface area is 149 Å². The van der Waals surface area contributed by atoms with Gasteiger partial charge >= 0.3 is 0 Å². The van der Waals surface area contributed by atoms with Gasteiger partial charge in [0.2, 0.25) is 10.0 Å². The number of thiophene rings is 1. The Morgan fingerprint density at radius 2 is 1.92 bits per heavy atom. The molecule has 6 nitrogen and oxygen atoms in total. The third kappa shape index (κ3) is 3.89. The van der Waals surface area contributed by atoms with Gasteiger partial charge in [-0.3, -0.25) is 4.79 Å². The van der Waals surface area contributed by atoms with Crippen molar-refractivity contribution >= 4 is 44.6 Å². The Balaban J connectivity index is 2.34. The highest BCUT2D eigenvalue weighted by Crippen LogP contribution is 2.29. The third-order valence-electron chi connectivity index (χ3n) is 3.36. The summed E-state index contributed by atoms with van der Waals surface area (Å²) in [5.74, 6) is -0.691. The summed E-state index contributed by atoms with van der Waals surface area (Å²) in [5.41, 5.74) is 0.0257. The number of sulfonamides is 1. The molecule has 0 saturated carbocycles. The van der Waals surface area contributed by atoms with Gasteiger partial charge in [-0.15, -0.1) is 11.3 Å². The van der Waals surface area contributed by atoms with Crippen molar-refractivity contribution in [3.63, 3.8) is 0 Å². The molecule has 2 aromatic rings. The molecule has 2 N–H and O–H groups in total. The number of nitrogens with zero attached hydrogens (tertiary/aromatic N) is 1. The number of carbonyl (C=O) groups is 1. The fourth-order valence-electron chi connectivity index (χ4n) is 2.11. The smallest absolute Gasteiger partial charge is 0.265 e. The van der Waals surface area contributed by atoms with Gasteiger partial charge in [0.15, 0.2) is 0 Å². The Morgan fingerprint density at radius 1 is 1.25 bits per heavy atom. The lowest BCUT2D eigenvalue weighted by molar-refractivity contribution is 0.103. The van der Waals surface area contributed by atoms with Gasteiger partial charge in [0.1, 0.15) is 5.75 Å². The largest absolute Gasteiger partial charge is 0.506 e. The zero-order chi connectivity index (χ0) is 17.9. The minimum atomic E-state index is -3.68. The van der Waals surface area contributed by atoms with Gasteiger partial charge in [-0.25, -0.2) is 8.42 Å². The van der Waals surface area contributed by atoms with Crippen LogP contribution in [0.4, 0.5) is 5.69 Å². The number of benzene rings is 1. The van der Waals surface area contributed by atoms with E-state index < -0.39 is 15.9 Å². The summed E-state index contributed by atoms with van der Waals surface area (Å²) in [6.45, 7) is 4.14. The normalized spacial score (nSPS) is 11.7. The Kier molecular flexibility index (Phi) is 5.87. The highest BCUT2D eigenvalue weighted by Gasteiger charge is 2.23. The second-order valence-electron chi connectivity index (χ2n) is 4.83. The molecule has 0 spiro atoms. The number of hydrogen-bond acceptors (Lipinski definition) is 5. The first-order valence-corrected chi connectivity index (χ1v) is 9.82. The lowest BCUT2D eigenvalue weighted by Crippen LogP contribution is -2.30. The zero-order valence-corrected chi connectivity index (χ0v) is 15.5. The lowest BCUT2D eigenvalue weighted by atomic mass is 10.3. The van der Waals surface area contributed by atoms with Crippen molar-refractivity contribution in [3.05, 3.63) is 39.5 Å². The summed E-state index contributed by atoms with van der Waals surface area (Å²) in [4.78, 5) is 12.5. The van der Waals surface area contributed by atoms with Crippen molar-refractivity contribution in [2.75, 3.05) is 18.4 Å². The molecule has 1 aromatic carbocycles. The standard InChI is InChI=1S/C15H17ClN2O4S2/c1-3-18(4-2)24(21,22)10-5-6-12(19)11(9-10)17-15(20)13-7-8-14(16)23-13/h5-9,19H,3-4H2,1-2H3,(H,17,20). The molecule has 0 bridgehead atoms. The average molecular weight is 389 g/mol. The summed E-state index contributed by atoms with van der Waals surface area (Å²) in [5, 5.41) is 12.4. The molecule has 0 radical (unpaired) electrons. The summed E-state index contributed by atoms with van der Waals surface area (Å²) in [7, 11) is -3.68. The SMILES string of the molecule is CCN(CC)S(=O)(=O)c1ccc(O)c(NC(=O)c2ccc(Cl)s2)c1. The molecular weight excluding hydrogens is 372 g/mol. The van der Waals surface area contributed by atoms with E-state index in [1.54, 1.807) is 26.0 Å². The minimum Gasteiger partial charge on any atom is -0.506 e. The molecule has 24 heavy (non-hydrogen) atoms. The van der Waals surface area contributed by atoms with Crippen LogP contribution in [-0.4, -0.2) is 36.8 Å². The van der Waals surface area contributed by atoms with Gasteiger partial charge < -0.3 is 10.4 Å². The fourth-order valence-corrected chi connectivity index (χ4v) is 4.53. The summed E-state index contributed by atoms with van der Waals surface area (Å²) < 4.78 is 26.8. The van der Waals surface area contributed by atoms with E-state index in [0.29, 0.717) is 22.3 Å². The molecule has 1 heterocycles. The number of phenols is 1. The van der Waals surface area contributed by atoms with Crippen LogP contribution in [0.15, 0.2) is 35.2 Å². The Hall–Kier alpha value is -1.61. The number of nitrogens with one attached hydrogen (secondary N) is 1. The number of rotatable bonds is 6. The highest BCUT2D eigenvalue weighted by atomic mass is 35.5. The topological polar surface area (TPSA) is 86.7 Å². The maximum Gasteiger partial charge on any atom is 0.265 e. The van der Waals surface area contributed by atoms with Gasteiger partial charge in [-0.1, -0.05) is 25.4 Å². The van der Waals surface area contributed by atoms with Crippen LogP contribution in [0.25, 0.3) is 0 Å². The van der Waals surface area contributed by atoms with Crippen LogP contribution >= 0.6 is 22.9 Å². The number of carbonyl (C=O) groups excluding carboxylic acids is 1. The van der Waals surface area contributed by atoms with Gasteiger partial charge in [-0.05, 0) is 30.3 Å². The van der Waals surface area contributed by atoms with E-state index in [0.717, 1.165) is 11.3 Å². The first-order valence-electron chi connectivity index (χ1n) is 7.19. The van der Waals surface area contributed by atoms with Crippen LogP contribution in [0.3, 0.4) is 0 Å². The van der Waals surface area contributed by atoms with Crippen molar-refractivity contribution < 1.29 is 18.3 Å². The van der Waals surface area contributed by atoms with E-state index in [9.17, 15) is 18.3 Å². The van der Waals surface area contributed by atoms with Crippen LogP contribution < -0.4 is 5.32 Å². The monoisotopic (exact) mass is 388 g/mol. The van der Waals surface area contributed by atoms with Crippen molar-refractivity contribution in [1.82, 2.24) is 4.31 Å². The van der Waals surface area contributed by atoms with Crippen molar-refractivity contribution in [3.8, 4) is 5.75 Å². The van der Waals surface area contributed by atoms with Crippen LogP contribution in [0.1, 0.15) is 23.5 Å². The van der Waals surface area contributed by atoms with Crippen LogP contribution in [0, 0.1) is 0 Å². The summed E-state index contributed by atoms with van der Waals surface area (Å²) in [6, 6.07) is 6.93. The predicted octanol–water partition coefficient (Wildman–Crippen LogP) is 3.39.